The lowest BCUT2D eigenvalue weighted by Crippen LogP contribution is -2.61. The van der Waals surface area contributed by atoms with Crippen LogP contribution in [-0.2, 0) is 6.61 Å². The third kappa shape index (κ3) is 4.34. The molecule has 2 atom stereocenters. The Bertz CT molecular complexity index is 1610. The van der Waals surface area contributed by atoms with Crippen LogP contribution in [0.2, 0.25) is 0 Å². The molecule has 7 heteroatoms. The first-order valence-electron chi connectivity index (χ1n) is 12.9. The highest BCUT2D eigenvalue weighted by molar-refractivity contribution is 8.17. The summed E-state index contributed by atoms with van der Waals surface area (Å²) >= 11 is 1.14. The summed E-state index contributed by atoms with van der Waals surface area (Å²) in [6.45, 7) is 0.478. The lowest BCUT2D eigenvalue weighted by atomic mass is 9.95. The van der Waals surface area contributed by atoms with Gasteiger partial charge in [0.15, 0.2) is 0 Å². The van der Waals surface area contributed by atoms with Gasteiger partial charge in [0, 0.05) is 12.0 Å². The molecule has 7 rings (SSSR count). The van der Waals surface area contributed by atoms with Gasteiger partial charge in [0.05, 0.1) is 16.7 Å². The van der Waals surface area contributed by atoms with Gasteiger partial charge in [-0.25, -0.2) is 5.01 Å². The Morgan fingerprint density at radius 1 is 0.974 bits per heavy atom. The predicted molar refractivity (Wildman–Crippen MR) is 153 cm³/mol. The van der Waals surface area contributed by atoms with Crippen LogP contribution in [0.25, 0.3) is 6.08 Å². The molecule has 192 valence electrons. The van der Waals surface area contributed by atoms with Crippen molar-refractivity contribution in [2.24, 2.45) is 5.10 Å². The van der Waals surface area contributed by atoms with E-state index < -0.39 is 5.85 Å². The molecule has 1 N–H and O–H groups in total. The Morgan fingerprint density at radius 2 is 1.74 bits per heavy atom. The van der Waals surface area contributed by atoms with Crippen molar-refractivity contribution < 1.29 is 14.3 Å². The van der Waals surface area contributed by atoms with Crippen LogP contribution in [0.15, 0.2) is 119 Å². The first-order valence-corrected chi connectivity index (χ1v) is 13.7. The normalized spacial score (nSPS) is 22.2. The van der Waals surface area contributed by atoms with Crippen LogP contribution in [-0.4, -0.2) is 21.8 Å². The fourth-order valence-corrected chi connectivity index (χ4v) is 6.17. The minimum Gasteiger partial charge on any atom is -0.489 e. The summed E-state index contributed by atoms with van der Waals surface area (Å²) in [4.78, 5) is 13.7. The van der Waals surface area contributed by atoms with Gasteiger partial charge in [-0.2, -0.15) is 5.10 Å². The van der Waals surface area contributed by atoms with Gasteiger partial charge in [-0.05, 0) is 52.7 Å². The number of hydrogen-bond donors (Lipinski definition) is 1. The summed E-state index contributed by atoms with van der Waals surface area (Å²) < 4.78 is 12.7. The molecular formula is C32H25N3O3S. The van der Waals surface area contributed by atoms with Gasteiger partial charge in [0.2, 0.25) is 0 Å². The van der Waals surface area contributed by atoms with Crippen LogP contribution in [0, 0.1) is 0 Å². The second kappa shape index (κ2) is 9.67. The summed E-state index contributed by atoms with van der Waals surface area (Å²) in [5.41, 5.74) is 5.08. The molecule has 1 spiro atoms. The second-order valence-electron chi connectivity index (χ2n) is 9.63. The molecule has 0 unspecified atom stereocenters. The SMILES string of the molecule is O=C1N[C@@]2(Oc3ccccc3[C@H]3CC(c4ccccc4)=NN32)/C(=C/c2cccc(OCc3ccccc3)c2)S1. The van der Waals surface area contributed by atoms with Crippen molar-refractivity contribution in [2.45, 2.75) is 24.9 Å². The Morgan fingerprint density at radius 3 is 2.59 bits per heavy atom. The maximum Gasteiger partial charge on any atom is 0.314 e. The van der Waals surface area contributed by atoms with Crippen LogP contribution in [0.5, 0.6) is 11.5 Å². The minimum absolute atomic E-state index is 0.0758. The van der Waals surface area contributed by atoms with Crippen molar-refractivity contribution >= 4 is 28.8 Å². The minimum atomic E-state index is -1.24. The van der Waals surface area contributed by atoms with Gasteiger partial charge in [-0.1, -0.05) is 91.0 Å². The van der Waals surface area contributed by atoms with Gasteiger partial charge in [-0.3, -0.25) is 10.1 Å². The summed E-state index contributed by atoms with van der Waals surface area (Å²) in [5.74, 6) is 0.262. The molecule has 1 saturated heterocycles. The Balaban J connectivity index is 1.26. The molecule has 39 heavy (non-hydrogen) atoms. The predicted octanol–water partition coefficient (Wildman–Crippen LogP) is 6.96. The maximum atomic E-state index is 12.9. The van der Waals surface area contributed by atoms with E-state index in [0.29, 0.717) is 13.0 Å². The van der Waals surface area contributed by atoms with E-state index in [1.807, 2.05) is 102 Å². The van der Waals surface area contributed by atoms with Crippen LogP contribution in [0.4, 0.5) is 4.79 Å². The highest BCUT2D eigenvalue weighted by atomic mass is 32.2. The van der Waals surface area contributed by atoms with Gasteiger partial charge < -0.3 is 9.47 Å². The number of nitrogens with zero attached hydrogens (tertiary/aromatic N) is 2. The molecule has 1 amide bonds. The Labute approximate surface area is 231 Å². The van der Waals surface area contributed by atoms with Gasteiger partial charge in [-0.15, -0.1) is 0 Å². The highest BCUT2D eigenvalue weighted by Crippen LogP contribution is 2.52. The van der Waals surface area contributed by atoms with E-state index in [-0.39, 0.29) is 11.3 Å². The number of rotatable bonds is 5. The summed E-state index contributed by atoms with van der Waals surface area (Å²) in [6, 6.07) is 36.0. The van der Waals surface area contributed by atoms with E-state index in [1.54, 1.807) is 0 Å². The fraction of sp³-hybridized carbons (Fsp3) is 0.125. The molecule has 4 aromatic carbocycles. The number of fused-ring (bicyclic) bond motifs is 4. The van der Waals surface area contributed by atoms with Crippen LogP contribution >= 0.6 is 11.8 Å². The molecule has 3 aliphatic rings. The smallest absolute Gasteiger partial charge is 0.314 e. The Hall–Kier alpha value is -4.49. The summed E-state index contributed by atoms with van der Waals surface area (Å²) in [5, 5.41) is 9.91. The van der Waals surface area contributed by atoms with E-state index in [2.05, 4.69) is 23.5 Å². The standard InChI is InChI=1S/C32H25N3O3S/c36-31-33-32(30(39-31)19-23-12-9-15-25(18-23)37-21-22-10-3-1-4-11-22)35-28(26-16-7-8-17-29(26)38-32)20-27(34-35)24-13-5-2-6-14-24/h1-19,28H,20-21H2,(H,33,36)/b30-19-/t28-,32+/m1/s1. The lowest BCUT2D eigenvalue weighted by molar-refractivity contribution is -0.0949. The van der Waals surface area contributed by atoms with Crippen LogP contribution < -0.4 is 14.8 Å². The highest BCUT2D eigenvalue weighted by Gasteiger charge is 2.58. The van der Waals surface area contributed by atoms with E-state index in [0.717, 1.165) is 56.1 Å². The van der Waals surface area contributed by atoms with Crippen molar-refractivity contribution in [3.05, 3.63) is 136 Å². The molecule has 6 nitrogen and oxygen atoms in total. The average Bonchev–Trinajstić information content (AvgIpc) is 3.56. The monoisotopic (exact) mass is 531 g/mol. The summed E-state index contributed by atoms with van der Waals surface area (Å²) in [7, 11) is 0. The molecule has 0 saturated carbocycles. The molecule has 0 bridgehead atoms. The molecular weight excluding hydrogens is 506 g/mol. The van der Waals surface area contributed by atoms with Gasteiger partial charge >= 0.3 is 5.85 Å². The number of thioether (sulfide) groups is 1. The first kappa shape index (κ1) is 23.6. The third-order valence-corrected chi connectivity index (χ3v) is 7.99. The largest absolute Gasteiger partial charge is 0.489 e. The molecule has 1 fully saturated rings. The maximum absolute atomic E-state index is 12.9. The van der Waals surface area contributed by atoms with Crippen LogP contribution in [0.3, 0.4) is 0 Å². The first-order chi connectivity index (χ1) is 19.2. The zero-order valence-electron chi connectivity index (χ0n) is 21.0. The number of para-hydroxylation sites is 1. The number of carbonyl (C=O) groups is 1. The molecule has 3 aliphatic heterocycles. The fourth-order valence-electron chi connectivity index (χ4n) is 5.26. The lowest BCUT2D eigenvalue weighted by Gasteiger charge is -2.45. The van der Waals surface area contributed by atoms with E-state index in [9.17, 15) is 4.79 Å². The molecule has 0 aliphatic carbocycles. The van der Waals surface area contributed by atoms with Gasteiger partial charge in [0.25, 0.3) is 5.24 Å². The molecule has 3 heterocycles. The molecule has 4 aromatic rings. The number of nitrogens with one attached hydrogen (secondary N) is 1. The third-order valence-electron chi connectivity index (χ3n) is 7.09. The van der Waals surface area contributed by atoms with Crippen molar-refractivity contribution in [1.29, 1.82) is 0 Å². The molecule has 0 radical (unpaired) electrons. The number of amides is 1. The van der Waals surface area contributed by atoms with Crippen molar-refractivity contribution in [1.82, 2.24) is 10.3 Å². The zero-order chi connectivity index (χ0) is 26.2. The Kier molecular flexibility index (Phi) is 5.86. The number of hydrogen-bond acceptors (Lipinski definition) is 6. The van der Waals surface area contributed by atoms with E-state index >= 15 is 0 Å². The van der Waals surface area contributed by atoms with E-state index in [1.165, 1.54) is 0 Å². The van der Waals surface area contributed by atoms with Crippen molar-refractivity contribution in [2.75, 3.05) is 0 Å². The number of ether oxygens (including phenoxy) is 2. The number of carbonyl (C=O) groups excluding carboxylic acids is 1. The topological polar surface area (TPSA) is 63.2 Å². The van der Waals surface area contributed by atoms with Crippen molar-refractivity contribution in [3.8, 4) is 11.5 Å². The van der Waals surface area contributed by atoms with Crippen molar-refractivity contribution in [3.63, 3.8) is 0 Å². The number of benzene rings is 4. The summed E-state index contributed by atoms with van der Waals surface area (Å²) in [6.07, 6.45) is 2.70. The second-order valence-corrected chi connectivity index (χ2v) is 10.6. The number of hydrazone groups is 1. The average molecular weight is 532 g/mol. The zero-order valence-corrected chi connectivity index (χ0v) is 21.8. The van der Waals surface area contributed by atoms with Crippen LogP contribution in [0.1, 0.15) is 34.7 Å². The van der Waals surface area contributed by atoms with E-state index in [4.69, 9.17) is 14.6 Å². The van der Waals surface area contributed by atoms with Gasteiger partial charge in [0.1, 0.15) is 18.1 Å². The quantitative estimate of drug-likeness (QED) is 0.302. The molecule has 0 aromatic heterocycles.